The minimum atomic E-state index is -0.451. The van der Waals surface area contributed by atoms with Gasteiger partial charge in [-0.1, -0.05) is 18.2 Å². The molecule has 0 unspecified atom stereocenters. The standard InChI is InChI=1S/C22H19FN4O/c1-2-27-14-18(17-10-12-24-13-20(17)27)21(15-6-8-16(23)9-7-15)26-22(28)19-5-3-4-11-25-19/h3-14,21H,2H2,1H3,(H,26,28)/t21-/m0/s1. The van der Waals surface area contributed by atoms with Crippen molar-refractivity contribution in [1.82, 2.24) is 19.9 Å². The number of hydrogen-bond donors (Lipinski definition) is 1. The normalized spacial score (nSPS) is 12.1. The molecular weight excluding hydrogens is 355 g/mol. The molecule has 1 atom stereocenters. The van der Waals surface area contributed by atoms with Gasteiger partial charge in [0, 0.05) is 36.1 Å². The van der Waals surface area contributed by atoms with Crippen molar-refractivity contribution < 1.29 is 9.18 Å². The number of amides is 1. The first-order valence-electron chi connectivity index (χ1n) is 9.07. The highest BCUT2D eigenvalue weighted by Gasteiger charge is 2.22. The molecule has 4 aromatic rings. The van der Waals surface area contributed by atoms with Crippen LogP contribution in [0.4, 0.5) is 4.39 Å². The summed E-state index contributed by atoms with van der Waals surface area (Å²) in [6.07, 6.45) is 7.13. The van der Waals surface area contributed by atoms with Crippen molar-refractivity contribution in [3.63, 3.8) is 0 Å². The monoisotopic (exact) mass is 374 g/mol. The smallest absolute Gasteiger partial charge is 0.270 e. The summed E-state index contributed by atoms with van der Waals surface area (Å²) < 4.78 is 15.6. The van der Waals surface area contributed by atoms with Crippen molar-refractivity contribution in [2.24, 2.45) is 0 Å². The maximum absolute atomic E-state index is 13.5. The minimum absolute atomic E-state index is 0.290. The number of hydrogen-bond acceptors (Lipinski definition) is 3. The summed E-state index contributed by atoms with van der Waals surface area (Å²) in [5.41, 5.74) is 3.03. The van der Waals surface area contributed by atoms with E-state index in [1.807, 2.05) is 18.5 Å². The van der Waals surface area contributed by atoms with E-state index in [2.05, 4.69) is 26.8 Å². The number of aromatic nitrogens is 3. The lowest BCUT2D eigenvalue weighted by atomic mass is 9.98. The van der Waals surface area contributed by atoms with Crippen LogP contribution >= 0.6 is 0 Å². The Hall–Kier alpha value is -3.54. The molecule has 0 spiro atoms. The lowest BCUT2D eigenvalue weighted by molar-refractivity contribution is 0.0938. The van der Waals surface area contributed by atoms with Crippen LogP contribution in [0.15, 0.2) is 73.3 Å². The maximum atomic E-state index is 13.5. The van der Waals surface area contributed by atoms with Gasteiger partial charge in [0.15, 0.2) is 0 Å². The van der Waals surface area contributed by atoms with Gasteiger partial charge in [-0.25, -0.2) is 4.39 Å². The summed E-state index contributed by atoms with van der Waals surface area (Å²) >= 11 is 0. The molecule has 0 saturated heterocycles. The molecule has 3 aromatic heterocycles. The van der Waals surface area contributed by atoms with Gasteiger partial charge in [0.25, 0.3) is 5.91 Å². The second-order valence-corrected chi connectivity index (χ2v) is 6.44. The molecule has 0 fully saturated rings. The molecular formula is C22H19FN4O. The number of nitrogens with zero attached hydrogens (tertiary/aromatic N) is 3. The first kappa shape index (κ1) is 17.9. The second kappa shape index (κ2) is 7.60. The van der Waals surface area contributed by atoms with Crippen LogP contribution in [0.1, 0.15) is 34.6 Å². The highest BCUT2D eigenvalue weighted by Crippen LogP contribution is 2.31. The molecule has 0 bridgehead atoms. The highest BCUT2D eigenvalue weighted by atomic mass is 19.1. The number of carbonyl (C=O) groups excluding carboxylic acids is 1. The van der Waals surface area contributed by atoms with E-state index in [0.717, 1.165) is 28.6 Å². The lowest BCUT2D eigenvalue weighted by Gasteiger charge is -2.19. The van der Waals surface area contributed by atoms with E-state index in [4.69, 9.17) is 0 Å². The Bertz CT molecular complexity index is 1110. The number of fused-ring (bicyclic) bond motifs is 1. The van der Waals surface area contributed by atoms with E-state index in [0.29, 0.717) is 5.69 Å². The zero-order chi connectivity index (χ0) is 19.5. The predicted octanol–water partition coefficient (Wildman–Crippen LogP) is 4.11. The Morgan fingerprint density at radius 3 is 2.68 bits per heavy atom. The van der Waals surface area contributed by atoms with Crippen molar-refractivity contribution in [2.45, 2.75) is 19.5 Å². The van der Waals surface area contributed by atoms with E-state index >= 15 is 0 Å². The van der Waals surface area contributed by atoms with Crippen LogP contribution in [-0.4, -0.2) is 20.4 Å². The fraction of sp³-hybridized carbons (Fsp3) is 0.136. The molecule has 1 aromatic carbocycles. The van der Waals surface area contributed by atoms with E-state index in [1.165, 1.54) is 12.1 Å². The Kier molecular flexibility index (Phi) is 4.85. The van der Waals surface area contributed by atoms with Crippen molar-refractivity contribution in [1.29, 1.82) is 0 Å². The summed E-state index contributed by atoms with van der Waals surface area (Å²) in [7, 11) is 0. The maximum Gasteiger partial charge on any atom is 0.270 e. The van der Waals surface area contributed by atoms with Gasteiger partial charge < -0.3 is 9.88 Å². The average Bonchev–Trinajstić information content (AvgIpc) is 3.12. The van der Waals surface area contributed by atoms with Crippen molar-refractivity contribution >= 4 is 16.8 Å². The molecule has 5 nitrogen and oxygen atoms in total. The zero-order valence-corrected chi connectivity index (χ0v) is 15.3. The first-order valence-corrected chi connectivity index (χ1v) is 9.07. The number of halogens is 1. The lowest BCUT2D eigenvalue weighted by Crippen LogP contribution is -2.29. The molecule has 0 aliphatic heterocycles. The van der Waals surface area contributed by atoms with Gasteiger partial charge in [0.2, 0.25) is 0 Å². The van der Waals surface area contributed by atoms with Crippen molar-refractivity contribution in [3.8, 4) is 0 Å². The van der Waals surface area contributed by atoms with Gasteiger partial charge in [-0.05, 0) is 42.8 Å². The molecule has 6 heteroatoms. The topological polar surface area (TPSA) is 59.8 Å². The molecule has 140 valence electrons. The molecule has 0 aliphatic rings. The molecule has 3 heterocycles. The molecule has 0 saturated carbocycles. The quantitative estimate of drug-likeness (QED) is 0.572. The van der Waals surface area contributed by atoms with Gasteiger partial charge >= 0.3 is 0 Å². The summed E-state index contributed by atoms with van der Waals surface area (Å²) in [5, 5.41) is 4.05. The SMILES string of the molecule is CCn1cc([C@@H](NC(=O)c2ccccn2)c2ccc(F)cc2)c2ccncc21. The molecule has 0 aliphatic carbocycles. The van der Waals surface area contributed by atoms with Gasteiger partial charge in [0.1, 0.15) is 11.5 Å². The number of nitrogens with one attached hydrogen (secondary N) is 1. The zero-order valence-electron chi connectivity index (χ0n) is 15.3. The van der Waals surface area contributed by atoms with Gasteiger partial charge in [0.05, 0.1) is 17.8 Å². The largest absolute Gasteiger partial charge is 0.346 e. The fourth-order valence-electron chi connectivity index (χ4n) is 3.36. The number of pyridine rings is 2. The van der Waals surface area contributed by atoms with Crippen LogP contribution in [-0.2, 0) is 6.54 Å². The summed E-state index contributed by atoms with van der Waals surface area (Å²) in [5.74, 6) is -0.611. The van der Waals surface area contributed by atoms with Gasteiger partial charge in [-0.2, -0.15) is 0 Å². The van der Waals surface area contributed by atoms with E-state index < -0.39 is 6.04 Å². The van der Waals surface area contributed by atoms with E-state index in [1.54, 1.807) is 42.7 Å². The fourth-order valence-corrected chi connectivity index (χ4v) is 3.36. The third-order valence-electron chi connectivity index (χ3n) is 4.74. The molecule has 28 heavy (non-hydrogen) atoms. The van der Waals surface area contributed by atoms with Crippen LogP contribution in [0.5, 0.6) is 0 Å². The predicted molar refractivity (Wildman–Crippen MR) is 105 cm³/mol. The highest BCUT2D eigenvalue weighted by molar-refractivity contribution is 5.93. The van der Waals surface area contributed by atoms with Crippen LogP contribution in [0.3, 0.4) is 0 Å². The first-order chi connectivity index (χ1) is 13.7. The van der Waals surface area contributed by atoms with Crippen molar-refractivity contribution in [2.75, 3.05) is 0 Å². The van der Waals surface area contributed by atoms with E-state index in [-0.39, 0.29) is 11.7 Å². The Morgan fingerprint density at radius 2 is 1.96 bits per heavy atom. The third kappa shape index (κ3) is 3.36. The second-order valence-electron chi connectivity index (χ2n) is 6.44. The van der Waals surface area contributed by atoms with Crippen LogP contribution < -0.4 is 5.32 Å². The van der Waals surface area contributed by atoms with Gasteiger partial charge in [-0.3, -0.25) is 14.8 Å². The summed E-state index contributed by atoms with van der Waals surface area (Å²) in [4.78, 5) is 21.2. The number of carbonyl (C=O) groups is 1. The number of benzene rings is 1. The molecule has 1 amide bonds. The minimum Gasteiger partial charge on any atom is -0.346 e. The summed E-state index contributed by atoms with van der Waals surface area (Å²) in [6.45, 7) is 2.82. The molecule has 4 rings (SSSR count). The number of rotatable bonds is 5. The molecule has 0 radical (unpaired) electrons. The van der Waals surface area contributed by atoms with Crippen LogP contribution in [0.2, 0.25) is 0 Å². The number of aryl methyl sites for hydroxylation is 1. The molecule has 1 N–H and O–H groups in total. The Balaban J connectivity index is 1.82. The Morgan fingerprint density at radius 1 is 1.14 bits per heavy atom. The van der Waals surface area contributed by atoms with Crippen LogP contribution in [0.25, 0.3) is 10.9 Å². The van der Waals surface area contributed by atoms with Crippen molar-refractivity contribution in [3.05, 3.63) is 96.0 Å². The van der Waals surface area contributed by atoms with Gasteiger partial charge in [-0.15, -0.1) is 0 Å². The van der Waals surface area contributed by atoms with Crippen LogP contribution in [0, 0.1) is 5.82 Å². The third-order valence-corrected chi connectivity index (χ3v) is 4.74. The Labute approximate surface area is 161 Å². The average molecular weight is 374 g/mol. The van der Waals surface area contributed by atoms with E-state index in [9.17, 15) is 9.18 Å². The summed E-state index contributed by atoms with van der Waals surface area (Å²) in [6, 6.07) is 12.8.